The van der Waals surface area contributed by atoms with Crippen LogP contribution in [0.25, 0.3) is 0 Å². The van der Waals surface area contributed by atoms with Crippen LogP contribution in [0.3, 0.4) is 0 Å². The lowest BCUT2D eigenvalue weighted by atomic mass is 10.0. The Balaban J connectivity index is 1.84. The minimum Gasteiger partial charge on any atom is -0.383 e. The zero-order valence-corrected chi connectivity index (χ0v) is 11.8. The molecule has 6 nitrogen and oxygen atoms in total. The van der Waals surface area contributed by atoms with E-state index in [2.05, 4.69) is 10.2 Å². The van der Waals surface area contributed by atoms with Crippen LogP contribution in [-0.4, -0.2) is 69.2 Å². The van der Waals surface area contributed by atoms with Crippen LogP contribution in [0.1, 0.15) is 19.8 Å². The summed E-state index contributed by atoms with van der Waals surface area (Å²) < 4.78 is 16.4. The quantitative estimate of drug-likeness (QED) is 0.713. The molecule has 2 aliphatic heterocycles. The molecule has 0 aromatic heterocycles. The molecule has 110 valence electrons. The van der Waals surface area contributed by atoms with E-state index in [1.807, 2.05) is 6.92 Å². The third-order valence-corrected chi connectivity index (χ3v) is 3.79. The molecule has 2 rings (SSSR count). The molecule has 2 aliphatic rings. The van der Waals surface area contributed by atoms with E-state index in [4.69, 9.17) is 14.2 Å². The molecule has 0 radical (unpaired) electrons. The van der Waals surface area contributed by atoms with Gasteiger partial charge in [-0.3, -0.25) is 9.69 Å². The second-order valence-electron chi connectivity index (χ2n) is 5.14. The third-order valence-electron chi connectivity index (χ3n) is 3.79. The summed E-state index contributed by atoms with van der Waals surface area (Å²) in [6, 6.07) is -0.165. The summed E-state index contributed by atoms with van der Waals surface area (Å²) in [5.41, 5.74) is 0. The highest BCUT2D eigenvalue weighted by atomic mass is 16.7. The minimum atomic E-state index is -0.473. The number of carbonyl (C=O) groups excluding carboxylic acids is 1. The molecule has 0 bridgehead atoms. The van der Waals surface area contributed by atoms with Gasteiger partial charge in [0, 0.05) is 20.1 Å². The largest absolute Gasteiger partial charge is 0.383 e. The first-order valence-corrected chi connectivity index (χ1v) is 6.95. The van der Waals surface area contributed by atoms with E-state index in [-0.39, 0.29) is 11.9 Å². The highest BCUT2D eigenvalue weighted by molar-refractivity contribution is 5.81. The predicted molar refractivity (Wildman–Crippen MR) is 69.8 cm³/mol. The highest BCUT2D eigenvalue weighted by Crippen LogP contribution is 2.30. The number of rotatable bonds is 5. The number of nitrogens with one attached hydrogen (secondary N) is 1. The summed E-state index contributed by atoms with van der Waals surface area (Å²) in [6.45, 7) is 5.90. The average molecular weight is 272 g/mol. The molecule has 1 atom stereocenters. The molecule has 1 N–H and O–H groups in total. The van der Waals surface area contributed by atoms with E-state index in [0.717, 1.165) is 19.4 Å². The Morgan fingerprint density at radius 2 is 2.21 bits per heavy atom. The van der Waals surface area contributed by atoms with Crippen molar-refractivity contribution in [1.82, 2.24) is 10.2 Å². The predicted octanol–water partition coefficient (Wildman–Crippen LogP) is -0.0236. The minimum absolute atomic E-state index is 0.0343. The average Bonchev–Trinajstić information content (AvgIpc) is 2.86. The highest BCUT2D eigenvalue weighted by Gasteiger charge is 2.42. The van der Waals surface area contributed by atoms with Gasteiger partial charge in [0.15, 0.2) is 5.79 Å². The van der Waals surface area contributed by atoms with Crippen LogP contribution in [0.4, 0.5) is 0 Å². The molecule has 1 unspecified atom stereocenters. The summed E-state index contributed by atoms with van der Waals surface area (Å²) >= 11 is 0. The van der Waals surface area contributed by atoms with E-state index in [9.17, 15) is 4.79 Å². The second-order valence-corrected chi connectivity index (χ2v) is 5.14. The summed E-state index contributed by atoms with van der Waals surface area (Å²) in [7, 11) is 1.62. The molecule has 19 heavy (non-hydrogen) atoms. The van der Waals surface area contributed by atoms with Crippen LogP contribution in [0.2, 0.25) is 0 Å². The molecule has 2 saturated heterocycles. The molecule has 6 heteroatoms. The fourth-order valence-corrected chi connectivity index (χ4v) is 2.67. The fourth-order valence-electron chi connectivity index (χ4n) is 2.67. The van der Waals surface area contributed by atoms with E-state index in [0.29, 0.717) is 32.9 Å². The van der Waals surface area contributed by atoms with Gasteiger partial charge in [-0.2, -0.15) is 0 Å². The number of amides is 1. The van der Waals surface area contributed by atoms with E-state index in [1.54, 1.807) is 7.11 Å². The van der Waals surface area contributed by atoms with Gasteiger partial charge < -0.3 is 19.5 Å². The zero-order chi connectivity index (χ0) is 13.7. The van der Waals surface area contributed by atoms with Crippen molar-refractivity contribution in [1.29, 1.82) is 0 Å². The zero-order valence-electron chi connectivity index (χ0n) is 11.8. The van der Waals surface area contributed by atoms with Crippen LogP contribution >= 0.6 is 0 Å². The van der Waals surface area contributed by atoms with Crippen LogP contribution in [-0.2, 0) is 19.0 Å². The van der Waals surface area contributed by atoms with Crippen molar-refractivity contribution < 1.29 is 19.0 Å². The maximum absolute atomic E-state index is 12.0. The van der Waals surface area contributed by atoms with E-state index in [1.165, 1.54) is 0 Å². The van der Waals surface area contributed by atoms with Crippen LogP contribution in [0.15, 0.2) is 0 Å². The van der Waals surface area contributed by atoms with Gasteiger partial charge in [0.05, 0.1) is 32.4 Å². The first kappa shape index (κ1) is 14.7. The van der Waals surface area contributed by atoms with Gasteiger partial charge in [0.1, 0.15) is 0 Å². The maximum atomic E-state index is 12.0. The lowest BCUT2D eigenvalue weighted by Gasteiger charge is -2.40. The van der Waals surface area contributed by atoms with Crippen LogP contribution in [0.5, 0.6) is 0 Å². The van der Waals surface area contributed by atoms with Crippen molar-refractivity contribution >= 4 is 5.91 Å². The summed E-state index contributed by atoms with van der Waals surface area (Å²) in [5.74, 6) is -0.439. The number of nitrogens with zero attached hydrogens (tertiary/aromatic N) is 1. The fraction of sp³-hybridized carbons (Fsp3) is 0.923. The van der Waals surface area contributed by atoms with Crippen molar-refractivity contribution in [2.75, 3.05) is 46.6 Å². The second kappa shape index (κ2) is 6.65. The van der Waals surface area contributed by atoms with Gasteiger partial charge in [-0.05, 0) is 19.9 Å². The molecule has 1 spiro atoms. The maximum Gasteiger partial charge on any atom is 0.237 e. The lowest BCUT2D eigenvalue weighted by molar-refractivity contribution is -0.193. The first-order chi connectivity index (χ1) is 9.17. The molecule has 0 aliphatic carbocycles. The van der Waals surface area contributed by atoms with Gasteiger partial charge in [-0.15, -0.1) is 0 Å². The molecule has 2 heterocycles. The van der Waals surface area contributed by atoms with Crippen molar-refractivity contribution in [2.45, 2.75) is 31.6 Å². The Labute approximate surface area is 114 Å². The monoisotopic (exact) mass is 272 g/mol. The Morgan fingerprint density at radius 3 is 2.89 bits per heavy atom. The van der Waals surface area contributed by atoms with E-state index >= 15 is 0 Å². The Bertz CT molecular complexity index is 305. The molecule has 0 aromatic carbocycles. The Morgan fingerprint density at radius 1 is 1.47 bits per heavy atom. The normalized spacial score (nSPS) is 24.5. The van der Waals surface area contributed by atoms with E-state index < -0.39 is 5.79 Å². The number of likely N-dealkylation sites (tertiary alicyclic amines) is 1. The number of piperidine rings is 1. The first-order valence-electron chi connectivity index (χ1n) is 6.95. The van der Waals surface area contributed by atoms with Gasteiger partial charge >= 0.3 is 0 Å². The van der Waals surface area contributed by atoms with Crippen LogP contribution < -0.4 is 5.32 Å². The number of ether oxygens (including phenoxy) is 3. The number of hydrogen-bond donors (Lipinski definition) is 1. The molecule has 2 fully saturated rings. The molecule has 0 saturated carbocycles. The van der Waals surface area contributed by atoms with Gasteiger partial charge in [-0.25, -0.2) is 0 Å². The summed E-state index contributed by atoms with van der Waals surface area (Å²) in [6.07, 6.45) is 1.91. The standard InChI is InChI=1S/C13H24N2O4/c1-11(12(16)14-5-7-17-2)15-6-3-4-13(10-15)18-8-9-19-13/h11H,3-10H2,1-2H3,(H,14,16). The van der Waals surface area contributed by atoms with Crippen LogP contribution in [0, 0.1) is 0 Å². The van der Waals surface area contributed by atoms with Gasteiger partial charge in [0.2, 0.25) is 5.91 Å². The molecule has 1 amide bonds. The third kappa shape index (κ3) is 3.66. The number of hydrogen-bond acceptors (Lipinski definition) is 5. The van der Waals surface area contributed by atoms with Gasteiger partial charge in [-0.1, -0.05) is 0 Å². The summed E-state index contributed by atoms with van der Waals surface area (Å²) in [4.78, 5) is 14.2. The van der Waals surface area contributed by atoms with Crippen molar-refractivity contribution in [3.8, 4) is 0 Å². The molecular formula is C13H24N2O4. The Hall–Kier alpha value is -0.690. The van der Waals surface area contributed by atoms with Gasteiger partial charge in [0.25, 0.3) is 0 Å². The smallest absolute Gasteiger partial charge is 0.237 e. The topological polar surface area (TPSA) is 60.0 Å². The molecular weight excluding hydrogens is 248 g/mol. The van der Waals surface area contributed by atoms with Crippen molar-refractivity contribution in [2.24, 2.45) is 0 Å². The lowest BCUT2D eigenvalue weighted by Crippen LogP contribution is -2.55. The SMILES string of the molecule is COCCNC(=O)C(C)N1CCCC2(C1)OCCO2. The Kier molecular flexibility index (Phi) is 5.15. The van der Waals surface area contributed by atoms with Crippen molar-refractivity contribution in [3.63, 3.8) is 0 Å². The number of methoxy groups -OCH3 is 1. The number of carbonyl (C=O) groups is 1. The van der Waals surface area contributed by atoms with Crippen molar-refractivity contribution in [3.05, 3.63) is 0 Å². The molecule has 0 aromatic rings. The summed E-state index contributed by atoms with van der Waals surface area (Å²) in [5, 5.41) is 2.87.